The summed E-state index contributed by atoms with van der Waals surface area (Å²) in [6, 6.07) is 56.5. The maximum atomic E-state index is 2.47. The Morgan fingerprint density at radius 3 is 1.72 bits per heavy atom. The van der Waals surface area contributed by atoms with Gasteiger partial charge in [0.05, 0.1) is 9.40 Å². The lowest BCUT2D eigenvalue weighted by atomic mass is 9.90. The van der Waals surface area contributed by atoms with E-state index in [0.717, 1.165) is 6.42 Å². The van der Waals surface area contributed by atoms with Gasteiger partial charge in [0.2, 0.25) is 0 Å². The molecule has 2 aromatic heterocycles. The maximum Gasteiger partial charge on any atom is 0.0540 e. The molecule has 1 aliphatic rings. The minimum absolute atomic E-state index is 0.403. The fourth-order valence-electron chi connectivity index (χ4n) is 8.24. The van der Waals surface area contributed by atoms with Crippen LogP contribution in [0.5, 0.6) is 0 Å². The van der Waals surface area contributed by atoms with Crippen molar-refractivity contribution in [1.82, 2.24) is 0 Å². The van der Waals surface area contributed by atoms with Gasteiger partial charge in [-0.25, -0.2) is 0 Å². The van der Waals surface area contributed by atoms with Gasteiger partial charge >= 0.3 is 0 Å². The van der Waals surface area contributed by atoms with E-state index in [-0.39, 0.29) is 0 Å². The third kappa shape index (κ3) is 4.35. The first-order valence-corrected chi connectivity index (χ1v) is 19.0. The second-order valence-electron chi connectivity index (χ2n) is 13.6. The highest BCUT2D eigenvalue weighted by Crippen LogP contribution is 2.50. The van der Waals surface area contributed by atoms with Crippen LogP contribution in [0.3, 0.4) is 0 Å². The molecule has 0 amide bonds. The lowest BCUT2D eigenvalue weighted by Crippen LogP contribution is -2.27. The van der Waals surface area contributed by atoms with Crippen LogP contribution in [0, 0.1) is 0 Å². The number of fused-ring (bicyclic) bond motifs is 12. The van der Waals surface area contributed by atoms with E-state index >= 15 is 0 Å². The Kier molecular flexibility index (Phi) is 6.22. The maximum absolute atomic E-state index is 2.47. The minimum Gasteiger partial charge on any atom is -0.134 e. The van der Waals surface area contributed by atoms with Crippen LogP contribution >= 0.6 is 22.7 Å². The van der Waals surface area contributed by atoms with E-state index in [1.165, 1.54) is 100 Å². The highest BCUT2D eigenvalue weighted by atomic mass is 32.1. The molecule has 0 bridgehead atoms. The molecule has 0 saturated heterocycles. The quantitative estimate of drug-likeness (QED) is 0.175. The summed E-state index contributed by atoms with van der Waals surface area (Å²) < 4.78 is 5.55. The molecule has 0 saturated carbocycles. The third-order valence-corrected chi connectivity index (χ3v) is 13.2. The number of hydrogen-bond acceptors (Lipinski definition) is 2. The zero-order valence-electron chi connectivity index (χ0n) is 27.2. The molecule has 50 heavy (non-hydrogen) atoms. The molecule has 8 aromatic carbocycles. The zero-order chi connectivity index (χ0) is 32.8. The molecule has 0 fully saturated rings. The van der Waals surface area contributed by atoms with Crippen LogP contribution in [0.25, 0.3) is 96.3 Å². The summed E-state index contributed by atoms with van der Waals surface area (Å²) in [5.41, 5.74) is 6.41. The van der Waals surface area contributed by atoms with Crippen LogP contribution in [0.1, 0.15) is 17.9 Å². The van der Waals surface area contributed by atoms with E-state index in [1.807, 2.05) is 22.7 Å². The van der Waals surface area contributed by atoms with Gasteiger partial charge in [-0.05, 0) is 84.4 Å². The normalized spacial score (nSPS) is 14.4. The molecule has 0 aliphatic heterocycles. The van der Waals surface area contributed by atoms with Crippen molar-refractivity contribution >= 4 is 96.7 Å². The Morgan fingerprint density at radius 1 is 0.420 bits per heavy atom. The molecule has 2 heteroatoms. The first-order valence-electron chi connectivity index (χ1n) is 17.3. The molecule has 2 heterocycles. The monoisotopic (exact) mass is 670 g/mol. The second-order valence-corrected chi connectivity index (χ2v) is 15.7. The van der Waals surface area contributed by atoms with Crippen LogP contribution in [0.4, 0.5) is 0 Å². The Labute approximate surface area is 297 Å². The van der Waals surface area contributed by atoms with Crippen molar-refractivity contribution in [3.05, 3.63) is 168 Å². The molecule has 0 N–H and O–H groups in total. The van der Waals surface area contributed by atoms with Crippen LogP contribution in [0.2, 0.25) is 0 Å². The molecule has 0 radical (unpaired) electrons. The second kappa shape index (κ2) is 11.0. The predicted octanol–water partition coefficient (Wildman–Crippen LogP) is 12.8. The Morgan fingerprint density at radius 2 is 0.980 bits per heavy atom. The first-order chi connectivity index (χ1) is 24.7. The molecular weight excluding hydrogens is 641 g/mol. The molecule has 0 nitrogen and oxygen atoms in total. The van der Waals surface area contributed by atoms with Gasteiger partial charge in [-0.1, -0.05) is 146 Å². The lowest BCUT2D eigenvalue weighted by molar-refractivity contribution is 0.923. The van der Waals surface area contributed by atoms with E-state index in [9.17, 15) is 0 Å². The van der Waals surface area contributed by atoms with Crippen LogP contribution in [-0.4, -0.2) is 0 Å². The Bertz CT molecular complexity index is 3120. The third-order valence-electron chi connectivity index (χ3n) is 10.8. The van der Waals surface area contributed by atoms with Crippen molar-refractivity contribution in [1.29, 1.82) is 0 Å². The number of thiophene rings is 2. The number of benzene rings is 8. The van der Waals surface area contributed by atoms with Crippen molar-refractivity contribution in [3.8, 4) is 22.3 Å². The largest absolute Gasteiger partial charge is 0.134 e. The van der Waals surface area contributed by atoms with Crippen molar-refractivity contribution < 1.29 is 0 Å². The summed E-state index contributed by atoms with van der Waals surface area (Å²) in [5.74, 6) is 0.403. The fourth-order valence-corrected chi connectivity index (χ4v) is 10.9. The van der Waals surface area contributed by atoms with E-state index in [2.05, 4.69) is 164 Å². The highest BCUT2D eigenvalue weighted by Gasteiger charge is 2.20. The van der Waals surface area contributed by atoms with Crippen molar-refractivity contribution in [2.75, 3.05) is 0 Å². The number of hydrogen-bond donors (Lipinski definition) is 0. The fraction of sp³-hybridized carbons (Fsp3) is 0.0417. The van der Waals surface area contributed by atoms with Gasteiger partial charge in [0, 0.05) is 36.9 Å². The molecule has 10 aromatic rings. The van der Waals surface area contributed by atoms with Gasteiger partial charge in [0.1, 0.15) is 0 Å². The molecule has 234 valence electrons. The molecule has 0 spiro atoms. The van der Waals surface area contributed by atoms with Crippen molar-refractivity contribution in [2.24, 2.45) is 0 Å². The smallest absolute Gasteiger partial charge is 0.0540 e. The molecule has 1 aliphatic carbocycles. The average molecular weight is 671 g/mol. The first kappa shape index (κ1) is 28.3. The van der Waals surface area contributed by atoms with E-state index < -0.39 is 0 Å². The van der Waals surface area contributed by atoms with Gasteiger partial charge in [-0.3, -0.25) is 0 Å². The van der Waals surface area contributed by atoms with Crippen LogP contribution in [0.15, 0.2) is 152 Å². The summed E-state index contributed by atoms with van der Waals surface area (Å²) in [4.78, 5) is 0. The molecule has 1 atom stereocenters. The van der Waals surface area contributed by atoms with E-state index in [1.54, 1.807) is 0 Å². The molecule has 1 unspecified atom stereocenters. The van der Waals surface area contributed by atoms with Gasteiger partial charge in [0.25, 0.3) is 0 Å². The van der Waals surface area contributed by atoms with Gasteiger partial charge in [0.15, 0.2) is 0 Å². The summed E-state index contributed by atoms with van der Waals surface area (Å²) in [7, 11) is 0. The van der Waals surface area contributed by atoms with E-state index in [0.29, 0.717) is 5.92 Å². The van der Waals surface area contributed by atoms with Gasteiger partial charge in [-0.2, -0.15) is 0 Å². The van der Waals surface area contributed by atoms with Crippen LogP contribution < -0.4 is 10.4 Å². The van der Waals surface area contributed by atoms with Crippen LogP contribution in [-0.2, 0) is 0 Å². The molecular formula is C48H30S2. The lowest BCUT2D eigenvalue weighted by Gasteiger charge is -2.14. The summed E-state index contributed by atoms with van der Waals surface area (Å²) in [6.45, 7) is 0. The van der Waals surface area contributed by atoms with Gasteiger partial charge in [-0.15, -0.1) is 22.7 Å². The predicted molar refractivity (Wildman–Crippen MR) is 220 cm³/mol. The van der Waals surface area contributed by atoms with E-state index in [4.69, 9.17) is 0 Å². The van der Waals surface area contributed by atoms with Crippen molar-refractivity contribution in [3.63, 3.8) is 0 Å². The summed E-state index contributed by atoms with van der Waals surface area (Å²) in [5, 5.41) is 13.5. The Hall–Kier alpha value is -5.54. The standard InChI is InChI=1S/C48H30S2/c1-3-9-33-25-35(19-17-29(33)7-1)31-13-15-32(16-14-31)37-21-23-41-43(27-37)49-47-45(41)39-11-5-6-12-40(39)46-42-24-22-38(28-44(42)50-48(46)47)36-20-18-30-8-2-4-10-34(30)26-36/h1-19,21-28,36H,20H2. The topological polar surface area (TPSA) is 0 Å². The number of rotatable bonds is 3. The summed E-state index contributed by atoms with van der Waals surface area (Å²) in [6.07, 6.45) is 5.90. The Balaban J connectivity index is 1.04. The average Bonchev–Trinajstić information content (AvgIpc) is 3.76. The SMILES string of the molecule is C1=c2ccccc2=CC(c2ccc3c(c2)sc2c4sc5cc(-c6ccc(-c7ccc8ccccc8c7)cc6)ccc5c4c4ccccc4c32)C1. The van der Waals surface area contributed by atoms with Gasteiger partial charge < -0.3 is 0 Å². The minimum atomic E-state index is 0.403. The highest BCUT2D eigenvalue weighted by molar-refractivity contribution is 7.33. The summed E-state index contributed by atoms with van der Waals surface area (Å²) >= 11 is 3.93. The molecule has 11 rings (SSSR count). The van der Waals surface area contributed by atoms with Crippen molar-refractivity contribution in [2.45, 2.75) is 12.3 Å². The zero-order valence-corrected chi connectivity index (χ0v) is 28.8.